The Balaban J connectivity index is 0.000000236. The minimum atomic E-state index is 0.525. The Morgan fingerprint density at radius 3 is 2.58 bits per heavy atom. The molecule has 2 aromatic carbocycles. The lowest BCUT2D eigenvalue weighted by molar-refractivity contribution is 0.313. The van der Waals surface area contributed by atoms with Crippen LogP contribution in [0.25, 0.3) is 16.4 Å². The van der Waals surface area contributed by atoms with Gasteiger partial charge in [-0.3, -0.25) is 0 Å². The lowest BCUT2D eigenvalue weighted by Gasteiger charge is -2.14. The molecule has 0 atom stereocenters. The summed E-state index contributed by atoms with van der Waals surface area (Å²) in [5.41, 5.74) is 1.93. The van der Waals surface area contributed by atoms with Crippen molar-refractivity contribution in [2.45, 2.75) is 26.3 Å². The molecule has 208 valence electrons. The summed E-state index contributed by atoms with van der Waals surface area (Å²) in [5.74, 6) is 4.09. The minimum absolute atomic E-state index is 0.525. The van der Waals surface area contributed by atoms with Gasteiger partial charge in [0.1, 0.15) is 41.1 Å². The lowest BCUT2D eigenvalue weighted by Crippen LogP contribution is -2.04. The molecule has 0 fully saturated rings. The van der Waals surface area contributed by atoms with Gasteiger partial charge in [0.25, 0.3) is 0 Å². The molecule has 3 aromatic heterocycles. The summed E-state index contributed by atoms with van der Waals surface area (Å²) >= 11 is 0. The quantitative estimate of drug-likeness (QED) is 0.136. The predicted octanol–water partition coefficient (Wildman–Crippen LogP) is 6.94. The van der Waals surface area contributed by atoms with Crippen molar-refractivity contribution in [2.75, 3.05) is 32.8 Å². The Morgan fingerprint density at radius 2 is 1.77 bits per heavy atom. The van der Waals surface area contributed by atoms with Crippen molar-refractivity contribution in [3.8, 4) is 23.0 Å². The zero-order valence-corrected chi connectivity index (χ0v) is 23.3. The highest BCUT2D eigenvalue weighted by molar-refractivity contribution is 5.95. The molecule has 0 aliphatic heterocycles. The van der Waals surface area contributed by atoms with Crippen molar-refractivity contribution in [2.24, 2.45) is 0 Å². The van der Waals surface area contributed by atoms with Gasteiger partial charge in [0.15, 0.2) is 0 Å². The first-order valence-corrected chi connectivity index (χ1v) is 13.3. The number of ether oxygens (including phenoxy) is 4. The molecule has 0 unspecified atom stereocenters. The number of imidazole rings is 1. The normalized spacial score (nSPS) is 10.5. The van der Waals surface area contributed by atoms with E-state index in [0.29, 0.717) is 13.2 Å². The van der Waals surface area contributed by atoms with Gasteiger partial charge in [0.2, 0.25) is 0 Å². The van der Waals surface area contributed by atoms with Crippen molar-refractivity contribution >= 4 is 22.2 Å². The highest BCUT2D eigenvalue weighted by atomic mass is 16.5. The van der Waals surface area contributed by atoms with Crippen LogP contribution >= 0.6 is 0 Å². The average molecular weight is 541 g/mol. The number of pyridine rings is 2. The van der Waals surface area contributed by atoms with E-state index in [4.69, 9.17) is 18.9 Å². The lowest BCUT2D eigenvalue weighted by atomic mass is 10.1. The molecule has 0 saturated carbocycles. The molecule has 0 aliphatic carbocycles. The van der Waals surface area contributed by atoms with E-state index < -0.39 is 0 Å². The molecular formula is C32H36N4O4. The van der Waals surface area contributed by atoms with Crippen molar-refractivity contribution in [3.63, 3.8) is 0 Å². The minimum Gasteiger partial charge on any atom is -0.497 e. The van der Waals surface area contributed by atoms with E-state index in [1.165, 1.54) is 0 Å². The average Bonchev–Trinajstić information content (AvgIpc) is 3.47. The molecule has 0 saturated heterocycles. The third-order valence-corrected chi connectivity index (χ3v) is 6.20. The highest BCUT2D eigenvalue weighted by Gasteiger charge is 2.09. The maximum absolute atomic E-state index is 5.95. The Morgan fingerprint density at radius 1 is 0.875 bits per heavy atom. The van der Waals surface area contributed by atoms with Crippen LogP contribution in [-0.2, 0) is 6.54 Å². The Hall–Kier alpha value is -4.72. The predicted molar refractivity (Wildman–Crippen MR) is 160 cm³/mol. The summed E-state index contributed by atoms with van der Waals surface area (Å²) in [5, 5.41) is 5.53. The van der Waals surface area contributed by atoms with Crippen LogP contribution in [0.5, 0.6) is 23.0 Å². The number of rotatable bonds is 12. The molecular weight excluding hydrogens is 504 g/mol. The number of nitrogens with zero attached hydrogens (tertiary/aromatic N) is 3. The van der Waals surface area contributed by atoms with Crippen LogP contribution in [0, 0.1) is 0 Å². The van der Waals surface area contributed by atoms with Crippen molar-refractivity contribution in [1.29, 1.82) is 0 Å². The molecule has 40 heavy (non-hydrogen) atoms. The molecule has 0 radical (unpaired) electrons. The van der Waals surface area contributed by atoms with Crippen molar-refractivity contribution in [1.82, 2.24) is 14.4 Å². The van der Waals surface area contributed by atoms with Crippen LogP contribution in [0.4, 0.5) is 5.82 Å². The summed E-state index contributed by atoms with van der Waals surface area (Å²) in [6, 6.07) is 17.7. The smallest absolute Gasteiger partial charge is 0.140 e. The van der Waals surface area contributed by atoms with E-state index in [-0.39, 0.29) is 0 Å². The van der Waals surface area contributed by atoms with Gasteiger partial charge >= 0.3 is 0 Å². The summed E-state index contributed by atoms with van der Waals surface area (Å²) in [7, 11) is 3.31. The van der Waals surface area contributed by atoms with Gasteiger partial charge in [0.05, 0.1) is 20.8 Å². The Bertz CT molecular complexity index is 1530. The summed E-state index contributed by atoms with van der Waals surface area (Å²) in [6.07, 6.45) is 11.3. The molecule has 0 amide bonds. The van der Waals surface area contributed by atoms with Crippen LogP contribution in [-0.4, -0.2) is 41.8 Å². The number of hydrogen-bond acceptors (Lipinski definition) is 7. The number of nitrogens with one attached hydrogen (secondary N) is 1. The second-order valence-corrected chi connectivity index (χ2v) is 8.90. The van der Waals surface area contributed by atoms with Crippen LogP contribution in [0.3, 0.4) is 0 Å². The number of unbranched alkanes of at least 4 members (excludes halogenated alkanes) is 1. The van der Waals surface area contributed by atoms with Gasteiger partial charge in [-0.1, -0.05) is 38.1 Å². The second-order valence-electron chi connectivity index (χ2n) is 8.90. The van der Waals surface area contributed by atoms with Crippen LogP contribution in [0.2, 0.25) is 0 Å². The largest absolute Gasteiger partial charge is 0.497 e. The topological polar surface area (TPSA) is 79.1 Å². The van der Waals surface area contributed by atoms with Gasteiger partial charge in [-0.25, -0.2) is 9.97 Å². The molecule has 0 aliphatic rings. The van der Waals surface area contributed by atoms with E-state index in [2.05, 4.69) is 34.9 Å². The van der Waals surface area contributed by atoms with E-state index >= 15 is 0 Å². The number of aromatic nitrogens is 3. The van der Waals surface area contributed by atoms with E-state index in [1.54, 1.807) is 26.5 Å². The first kappa shape index (κ1) is 28.3. The van der Waals surface area contributed by atoms with E-state index in [1.807, 2.05) is 71.5 Å². The van der Waals surface area contributed by atoms with Gasteiger partial charge in [-0.15, -0.1) is 0 Å². The molecule has 5 rings (SSSR count). The molecule has 3 heterocycles. The molecule has 8 nitrogen and oxygen atoms in total. The Kier molecular flexibility index (Phi) is 10.2. The number of hydrogen-bond donors (Lipinski definition) is 1. The monoisotopic (exact) mass is 540 g/mol. The second kappa shape index (κ2) is 14.4. The van der Waals surface area contributed by atoms with Gasteiger partial charge in [-0.2, -0.15) is 0 Å². The summed E-state index contributed by atoms with van der Waals surface area (Å²) < 4.78 is 24.0. The molecule has 5 aromatic rings. The number of benzene rings is 2. The number of methoxy groups -OCH3 is 2. The van der Waals surface area contributed by atoms with Gasteiger partial charge in [-0.05, 0) is 36.8 Å². The zero-order valence-electron chi connectivity index (χ0n) is 23.3. The van der Waals surface area contributed by atoms with Crippen LogP contribution < -0.4 is 24.3 Å². The third kappa shape index (κ3) is 7.22. The maximum Gasteiger partial charge on any atom is 0.140 e. The van der Waals surface area contributed by atoms with E-state index in [9.17, 15) is 0 Å². The summed E-state index contributed by atoms with van der Waals surface area (Å²) in [6.45, 7) is 7.59. The fraction of sp³-hybridized carbons (Fsp3) is 0.250. The third-order valence-electron chi connectivity index (χ3n) is 6.20. The van der Waals surface area contributed by atoms with Crippen molar-refractivity contribution in [3.05, 3.63) is 97.6 Å². The van der Waals surface area contributed by atoms with Gasteiger partial charge < -0.3 is 28.7 Å². The first-order valence-electron chi connectivity index (χ1n) is 13.3. The fourth-order valence-electron chi connectivity index (χ4n) is 4.08. The summed E-state index contributed by atoms with van der Waals surface area (Å²) in [4.78, 5) is 8.66. The maximum atomic E-state index is 5.95. The van der Waals surface area contributed by atoms with E-state index in [0.717, 1.165) is 70.2 Å². The van der Waals surface area contributed by atoms with Gasteiger partial charge in [0, 0.05) is 59.8 Å². The SMILES string of the molecule is C=CCOc1ccn2ccnc2c1.CCCCOc1cccc2c(NCc3ccc(OC)cc3OC)nccc12. The zero-order chi connectivity index (χ0) is 28.2. The van der Waals surface area contributed by atoms with Crippen molar-refractivity contribution < 1.29 is 18.9 Å². The molecule has 0 bridgehead atoms. The molecule has 1 N–H and O–H groups in total. The highest BCUT2D eigenvalue weighted by Crippen LogP contribution is 2.31. The molecule has 0 spiro atoms. The number of anilines is 1. The fourth-order valence-corrected chi connectivity index (χ4v) is 4.08. The van der Waals surface area contributed by atoms with Crippen LogP contribution in [0.15, 0.2) is 92.0 Å². The standard InChI is InChI=1S/C22H26N2O3.C10H10N2O/c1-4-5-13-27-20-8-6-7-19-18(20)11-12-23-22(19)24-15-16-9-10-17(25-2)14-21(16)26-3;1-2-7-13-9-3-5-12-6-4-11-10(12)8-9/h6-12,14H,4-5,13,15H2,1-3H3,(H,23,24);2-6,8H,1,7H2. The Labute approximate surface area is 235 Å². The first-order chi connectivity index (χ1) is 19.7. The molecule has 8 heteroatoms. The van der Waals surface area contributed by atoms with Crippen LogP contribution in [0.1, 0.15) is 25.3 Å². The number of fused-ring (bicyclic) bond motifs is 2.